The first kappa shape index (κ1) is 13.3. The molecule has 80 valence electrons. The van der Waals surface area contributed by atoms with Gasteiger partial charge in [-0.3, -0.25) is 0 Å². The lowest BCUT2D eigenvalue weighted by Gasteiger charge is -2.07. The van der Waals surface area contributed by atoms with E-state index in [-0.39, 0.29) is 17.0 Å². The zero-order valence-corrected chi connectivity index (χ0v) is 9.27. The van der Waals surface area contributed by atoms with Crippen molar-refractivity contribution >= 4 is 22.7 Å². The third-order valence-electron chi connectivity index (χ3n) is 1.59. The Morgan fingerprint density at radius 2 is 1.64 bits per heavy atom. The molecule has 0 spiro atoms. The third-order valence-corrected chi connectivity index (χ3v) is 1.59. The fraction of sp³-hybridized carbons (Fsp3) is 0.333. The lowest BCUT2D eigenvalue weighted by atomic mass is 10.2. The molecule has 0 atom stereocenters. The van der Waals surface area contributed by atoms with Crippen molar-refractivity contribution in [1.82, 2.24) is 0 Å². The Morgan fingerprint density at radius 3 is 2.00 bits per heavy atom. The second-order valence-electron chi connectivity index (χ2n) is 2.61. The normalized spacial score (nSPS) is 10.6. The molecule has 0 radical (unpaired) electrons. The SMILES string of the molecule is Br.CCNc1ccc(C(F)(F)F)cc1. The molecule has 0 saturated carbocycles. The van der Waals surface area contributed by atoms with Crippen LogP contribution >= 0.6 is 17.0 Å². The van der Waals surface area contributed by atoms with E-state index in [2.05, 4.69) is 5.32 Å². The second-order valence-corrected chi connectivity index (χ2v) is 2.61. The molecular formula is C9H11BrF3N. The number of nitrogens with one attached hydrogen (secondary N) is 1. The largest absolute Gasteiger partial charge is 0.416 e. The molecule has 0 aliphatic heterocycles. The summed E-state index contributed by atoms with van der Waals surface area (Å²) in [5, 5.41) is 2.92. The Labute approximate surface area is 91.1 Å². The summed E-state index contributed by atoms with van der Waals surface area (Å²) in [6.45, 7) is 2.59. The van der Waals surface area contributed by atoms with Crippen LogP contribution in [0.1, 0.15) is 12.5 Å². The van der Waals surface area contributed by atoms with Gasteiger partial charge in [0.1, 0.15) is 0 Å². The number of hydrogen-bond acceptors (Lipinski definition) is 1. The fourth-order valence-corrected chi connectivity index (χ4v) is 0.981. The van der Waals surface area contributed by atoms with Crippen LogP contribution in [-0.4, -0.2) is 6.54 Å². The molecule has 0 saturated heterocycles. The van der Waals surface area contributed by atoms with Crippen molar-refractivity contribution < 1.29 is 13.2 Å². The highest BCUT2D eigenvalue weighted by atomic mass is 79.9. The van der Waals surface area contributed by atoms with Crippen molar-refractivity contribution in [2.45, 2.75) is 13.1 Å². The molecule has 1 aromatic carbocycles. The van der Waals surface area contributed by atoms with Gasteiger partial charge in [0.15, 0.2) is 0 Å². The van der Waals surface area contributed by atoms with Gasteiger partial charge in [0.05, 0.1) is 5.56 Å². The molecule has 14 heavy (non-hydrogen) atoms. The molecule has 5 heteroatoms. The van der Waals surface area contributed by atoms with E-state index < -0.39 is 11.7 Å². The zero-order valence-electron chi connectivity index (χ0n) is 7.56. The van der Waals surface area contributed by atoms with Gasteiger partial charge in [-0.25, -0.2) is 0 Å². The molecule has 0 unspecified atom stereocenters. The highest BCUT2D eigenvalue weighted by molar-refractivity contribution is 8.93. The lowest BCUT2D eigenvalue weighted by Crippen LogP contribution is -2.05. The molecule has 0 heterocycles. The minimum atomic E-state index is -4.25. The van der Waals surface area contributed by atoms with E-state index in [9.17, 15) is 13.2 Å². The monoisotopic (exact) mass is 269 g/mol. The Bertz CT molecular complexity index is 268. The Morgan fingerprint density at radius 1 is 1.14 bits per heavy atom. The smallest absolute Gasteiger partial charge is 0.385 e. The van der Waals surface area contributed by atoms with Gasteiger partial charge in [-0.15, -0.1) is 17.0 Å². The van der Waals surface area contributed by atoms with Crippen molar-refractivity contribution in [2.75, 3.05) is 11.9 Å². The van der Waals surface area contributed by atoms with Gasteiger partial charge in [-0.05, 0) is 31.2 Å². The Hall–Kier alpha value is -0.710. The molecule has 0 aliphatic carbocycles. The number of benzene rings is 1. The zero-order chi connectivity index (χ0) is 9.90. The standard InChI is InChI=1S/C9H10F3N.BrH/c1-2-13-8-5-3-7(4-6-8)9(10,11)12;/h3-6,13H,2H2,1H3;1H. The average Bonchev–Trinajstić information content (AvgIpc) is 2.04. The molecule has 1 rings (SSSR count). The maximum absolute atomic E-state index is 12.1. The van der Waals surface area contributed by atoms with Crippen LogP contribution in [0.5, 0.6) is 0 Å². The molecular weight excluding hydrogens is 259 g/mol. The second kappa shape index (κ2) is 5.24. The first-order valence-corrected chi connectivity index (χ1v) is 3.95. The topological polar surface area (TPSA) is 12.0 Å². The van der Waals surface area contributed by atoms with Gasteiger partial charge in [-0.1, -0.05) is 0 Å². The summed E-state index contributed by atoms with van der Waals surface area (Å²) in [5.41, 5.74) is 0.0876. The van der Waals surface area contributed by atoms with Gasteiger partial charge >= 0.3 is 6.18 Å². The van der Waals surface area contributed by atoms with Gasteiger partial charge in [0, 0.05) is 12.2 Å². The van der Waals surface area contributed by atoms with Crippen molar-refractivity contribution in [1.29, 1.82) is 0 Å². The molecule has 1 N–H and O–H groups in total. The quantitative estimate of drug-likeness (QED) is 0.863. The van der Waals surface area contributed by atoms with Crippen LogP contribution in [0.4, 0.5) is 18.9 Å². The highest BCUT2D eigenvalue weighted by Gasteiger charge is 2.29. The maximum atomic E-state index is 12.1. The molecule has 0 aliphatic rings. The summed E-state index contributed by atoms with van der Waals surface area (Å²) in [7, 11) is 0. The first-order valence-electron chi connectivity index (χ1n) is 3.95. The number of anilines is 1. The maximum Gasteiger partial charge on any atom is 0.416 e. The van der Waals surface area contributed by atoms with Crippen LogP contribution in [-0.2, 0) is 6.18 Å². The van der Waals surface area contributed by atoms with E-state index in [1.54, 1.807) is 0 Å². The molecule has 0 bridgehead atoms. The minimum absolute atomic E-state index is 0. The Balaban J connectivity index is 0.00000169. The molecule has 1 aromatic rings. The van der Waals surface area contributed by atoms with E-state index in [1.165, 1.54) is 12.1 Å². The van der Waals surface area contributed by atoms with Crippen LogP contribution in [0.3, 0.4) is 0 Å². The summed E-state index contributed by atoms with van der Waals surface area (Å²) >= 11 is 0. The summed E-state index contributed by atoms with van der Waals surface area (Å²) < 4.78 is 36.3. The van der Waals surface area contributed by atoms with Crippen LogP contribution < -0.4 is 5.32 Å². The summed E-state index contributed by atoms with van der Waals surface area (Å²) in [6.07, 6.45) is -4.25. The molecule has 0 aromatic heterocycles. The number of halogens is 4. The Kier molecular flexibility index (Phi) is 4.97. The van der Waals surface area contributed by atoms with Crippen molar-refractivity contribution in [2.24, 2.45) is 0 Å². The molecule has 0 fully saturated rings. The average molecular weight is 270 g/mol. The number of hydrogen-bond donors (Lipinski definition) is 1. The molecule has 0 amide bonds. The van der Waals surface area contributed by atoms with Gasteiger partial charge in [0.25, 0.3) is 0 Å². The van der Waals surface area contributed by atoms with Crippen LogP contribution in [0.15, 0.2) is 24.3 Å². The summed E-state index contributed by atoms with van der Waals surface area (Å²) in [6, 6.07) is 4.98. The van der Waals surface area contributed by atoms with Gasteiger partial charge < -0.3 is 5.32 Å². The van der Waals surface area contributed by atoms with Crippen LogP contribution in [0.2, 0.25) is 0 Å². The van der Waals surface area contributed by atoms with E-state index in [4.69, 9.17) is 0 Å². The van der Waals surface area contributed by atoms with Crippen LogP contribution in [0, 0.1) is 0 Å². The van der Waals surface area contributed by atoms with Crippen molar-refractivity contribution in [3.05, 3.63) is 29.8 Å². The fourth-order valence-electron chi connectivity index (χ4n) is 0.981. The van der Waals surface area contributed by atoms with Crippen molar-refractivity contribution in [3.63, 3.8) is 0 Å². The predicted octanol–water partition coefficient (Wildman–Crippen LogP) is 3.72. The van der Waals surface area contributed by atoms with E-state index in [0.29, 0.717) is 12.2 Å². The van der Waals surface area contributed by atoms with E-state index in [1.807, 2.05) is 6.92 Å². The van der Waals surface area contributed by atoms with E-state index >= 15 is 0 Å². The van der Waals surface area contributed by atoms with Crippen LogP contribution in [0.25, 0.3) is 0 Å². The van der Waals surface area contributed by atoms with E-state index in [0.717, 1.165) is 12.1 Å². The van der Waals surface area contributed by atoms with Gasteiger partial charge in [-0.2, -0.15) is 13.2 Å². The predicted molar refractivity (Wildman–Crippen MR) is 55.9 cm³/mol. The third kappa shape index (κ3) is 3.57. The first-order chi connectivity index (χ1) is 6.04. The number of rotatable bonds is 2. The summed E-state index contributed by atoms with van der Waals surface area (Å²) in [5.74, 6) is 0. The number of alkyl halides is 3. The van der Waals surface area contributed by atoms with Crippen molar-refractivity contribution in [3.8, 4) is 0 Å². The van der Waals surface area contributed by atoms with Gasteiger partial charge in [0.2, 0.25) is 0 Å². The summed E-state index contributed by atoms with van der Waals surface area (Å²) in [4.78, 5) is 0. The molecule has 1 nitrogen and oxygen atoms in total. The minimum Gasteiger partial charge on any atom is -0.385 e. The highest BCUT2D eigenvalue weighted by Crippen LogP contribution is 2.29. The lowest BCUT2D eigenvalue weighted by molar-refractivity contribution is -0.137.